The molecule has 0 unspecified atom stereocenters. The second kappa shape index (κ2) is 5.65. The highest BCUT2D eigenvalue weighted by atomic mass is 16.1. The molecule has 1 aromatic heterocycles. The molecule has 0 bridgehead atoms. The van der Waals surface area contributed by atoms with E-state index >= 15 is 0 Å². The first-order valence-electron chi connectivity index (χ1n) is 6.66. The van der Waals surface area contributed by atoms with Crippen molar-refractivity contribution in [3.05, 3.63) is 59.7 Å². The van der Waals surface area contributed by atoms with Crippen LogP contribution in [0.3, 0.4) is 0 Å². The van der Waals surface area contributed by atoms with Gasteiger partial charge in [0.1, 0.15) is 11.8 Å². The number of aryl methyl sites for hydroxylation is 2. The van der Waals surface area contributed by atoms with Crippen molar-refractivity contribution in [2.24, 2.45) is 0 Å². The minimum absolute atomic E-state index is 0.480. The monoisotopic (exact) mass is 265 g/mol. The van der Waals surface area contributed by atoms with Crippen molar-refractivity contribution in [1.82, 2.24) is 15.0 Å². The smallest absolute Gasteiger partial charge is 0.124 e. The number of aromatic nitrogens is 3. The first kappa shape index (κ1) is 12.5. The number of carbonyl (C=O) groups is 1. The largest absolute Gasteiger partial charge is 0.303 e. The molecule has 0 fully saturated rings. The molecular weight excluding hydrogens is 250 g/mol. The first-order chi connectivity index (χ1) is 9.86. The Hall–Kier alpha value is -2.49. The van der Waals surface area contributed by atoms with Gasteiger partial charge in [0.25, 0.3) is 0 Å². The lowest BCUT2D eigenvalue weighted by Gasteiger charge is -2.04. The van der Waals surface area contributed by atoms with Crippen LogP contribution in [-0.4, -0.2) is 21.3 Å². The molecule has 0 saturated heterocycles. The van der Waals surface area contributed by atoms with E-state index in [4.69, 9.17) is 0 Å². The average molecular weight is 265 g/mol. The molecule has 4 heteroatoms. The van der Waals surface area contributed by atoms with Gasteiger partial charge in [-0.3, -0.25) is 0 Å². The minimum atomic E-state index is 0.480. The molecule has 20 heavy (non-hydrogen) atoms. The standard InChI is InChI=1S/C16H15N3O/c20-12-10-14-7-5-13(6-8-14)9-11-19-16-4-2-1-3-15(16)17-18-19/h1-8,12H,9-11H2. The lowest BCUT2D eigenvalue weighted by Crippen LogP contribution is -2.03. The Morgan fingerprint density at radius 3 is 2.55 bits per heavy atom. The number of aldehydes is 1. The van der Waals surface area contributed by atoms with Crippen LogP contribution in [0.5, 0.6) is 0 Å². The van der Waals surface area contributed by atoms with Crippen LogP contribution in [0.1, 0.15) is 11.1 Å². The second-order valence-corrected chi connectivity index (χ2v) is 4.74. The number of para-hydroxylation sites is 1. The van der Waals surface area contributed by atoms with Gasteiger partial charge in [0, 0.05) is 13.0 Å². The van der Waals surface area contributed by atoms with E-state index in [1.165, 1.54) is 5.56 Å². The molecule has 0 N–H and O–H groups in total. The van der Waals surface area contributed by atoms with E-state index in [0.717, 1.165) is 35.8 Å². The van der Waals surface area contributed by atoms with Crippen LogP contribution >= 0.6 is 0 Å². The van der Waals surface area contributed by atoms with E-state index < -0.39 is 0 Å². The van der Waals surface area contributed by atoms with Crippen LogP contribution in [0.2, 0.25) is 0 Å². The van der Waals surface area contributed by atoms with E-state index in [2.05, 4.69) is 22.4 Å². The minimum Gasteiger partial charge on any atom is -0.303 e. The van der Waals surface area contributed by atoms with Crippen molar-refractivity contribution < 1.29 is 4.79 Å². The fourth-order valence-corrected chi connectivity index (χ4v) is 2.26. The molecule has 0 aliphatic rings. The fourth-order valence-electron chi connectivity index (χ4n) is 2.26. The van der Waals surface area contributed by atoms with Crippen LogP contribution in [0.25, 0.3) is 11.0 Å². The highest BCUT2D eigenvalue weighted by Gasteiger charge is 2.03. The van der Waals surface area contributed by atoms with Gasteiger partial charge in [0.2, 0.25) is 0 Å². The highest BCUT2D eigenvalue weighted by Crippen LogP contribution is 2.11. The number of benzene rings is 2. The van der Waals surface area contributed by atoms with E-state index in [0.29, 0.717) is 6.42 Å². The Balaban J connectivity index is 1.71. The Morgan fingerprint density at radius 2 is 1.75 bits per heavy atom. The lowest BCUT2D eigenvalue weighted by atomic mass is 10.1. The quantitative estimate of drug-likeness (QED) is 0.666. The van der Waals surface area contributed by atoms with Gasteiger partial charge in [-0.1, -0.05) is 41.6 Å². The molecule has 0 aliphatic carbocycles. The summed E-state index contributed by atoms with van der Waals surface area (Å²) in [6, 6.07) is 16.1. The maximum Gasteiger partial charge on any atom is 0.124 e. The zero-order chi connectivity index (χ0) is 13.8. The van der Waals surface area contributed by atoms with E-state index in [1.807, 2.05) is 41.1 Å². The number of hydrogen-bond acceptors (Lipinski definition) is 3. The van der Waals surface area contributed by atoms with Gasteiger partial charge in [-0.2, -0.15) is 0 Å². The molecular formula is C16H15N3O. The Bertz CT molecular complexity index is 716. The number of rotatable bonds is 5. The third-order valence-electron chi connectivity index (χ3n) is 3.37. The van der Waals surface area contributed by atoms with Crippen LogP contribution < -0.4 is 0 Å². The summed E-state index contributed by atoms with van der Waals surface area (Å²) in [6.07, 6.45) is 2.30. The summed E-state index contributed by atoms with van der Waals surface area (Å²) in [6.45, 7) is 0.799. The van der Waals surface area contributed by atoms with E-state index in [1.54, 1.807) is 0 Å². The summed E-state index contributed by atoms with van der Waals surface area (Å²) in [5.41, 5.74) is 4.27. The number of nitrogens with zero attached hydrogens (tertiary/aromatic N) is 3. The predicted molar refractivity (Wildman–Crippen MR) is 77.4 cm³/mol. The summed E-state index contributed by atoms with van der Waals surface area (Å²) in [7, 11) is 0. The molecule has 0 radical (unpaired) electrons. The van der Waals surface area contributed by atoms with Crippen molar-refractivity contribution in [2.45, 2.75) is 19.4 Å². The fraction of sp³-hybridized carbons (Fsp3) is 0.188. The zero-order valence-electron chi connectivity index (χ0n) is 11.1. The Kier molecular flexibility index (Phi) is 3.54. The van der Waals surface area contributed by atoms with Gasteiger partial charge in [-0.15, -0.1) is 5.10 Å². The van der Waals surface area contributed by atoms with Gasteiger partial charge in [-0.25, -0.2) is 4.68 Å². The molecule has 1 heterocycles. The number of hydrogen-bond donors (Lipinski definition) is 0. The normalized spacial score (nSPS) is 10.8. The Labute approximate surface area is 117 Å². The predicted octanol–water partition coefficient (Wildman–Crippen LogP) is 2.42. The van der Waals surface area contributed by atoms with Crippen LogP contribution in [-0.2, 0) is 24.2 Å². The first-order valence-corrected chi connectivity index (χ1v) is 6.66. The Morgan fingerprint density at radius 1 is 1.00 bits per heavy atom. The summed E-state index contributed by atoms with van der Waals surface area (Å²) >= 11 is 0. The van der Waals surface area contributed by atoms with Crippen molar-refractivity contribution in [3.63, 3.8) is 0 Å². The van der Waals surface area contributed by atoms with Gasteiger partial charge in [0.05, 0.1) is 5.52 Å². The van der Waals surface area contributed by atoms with Crippen LogP contribution in [0, 0.1) is 0 Å². The zero-order valence-corrected chi connectivity index (χ0v) is 11.1. The molecule has 100 valence electrons. The van der Waals surface area contributed by atoms with Crippen molar-refractivity contribution in [3.8, 4) is 0 Å². The van der Waals surface area contributed by atoms with Crippen molar-refractivity contribution in [1.29, 1.82) is 0 Å². The topological polar surface area (TPSA) is 47.8 Å². The summed E-state index contributed by atoms with van der Waals surface area (Å²) < 4.78 is 1.93. The van der Waals surface area contributed by atoms with Gasteiger partial charge in [0.15, 0.2) is 0 Å². The maximum atomic E-state index is 10.4. The van der Waals surface area contributed by atoms with E-state index in [9.17, 15) is 4.79 Å². The van der Waals surface area contributed by atoms with Gasteiger partial charge < -0.3 is 4.79 Å². The maximum absolute atomic E-state index is 10.4. The molecule has 0 aliphatic heterocycles. The van der Waals surface area contributed by atoms with Crippen LogP contribution in [0.15, 0.2) is 48.5 Å². The average Bonchev–Trinajstić information content (AvgIpc) is 2.90. The molecule has 0 saturated carbocycles. The van der Waals surface area contributed by atoms with Gasteiger partial charge >= 0.3 is 0 Å². The molecule has 0 spiro atoms. The number of fused-ring (bicyclic) bond motifs is 1. The highest BCUT2D eigenvalue weighted by molar-refractivity contribution is 5.73. The SMILES string of the molecule is O=CCc1ccc(CCn2nnc3ccccc32)cc1. The molecule has 2 aromatic carbocycles. The second-order valence-electron chi connectivity index (χ2n) is 4.74. The van der Waals surface area contributed by atoms with Crippen molar-refractivity contribution >= 4 is 17.3 Å². The molecule has 3 rings (SSSR count). The van der Waals surface area contributed by atoms with E-state index in [-0.39, 0.29) is 0 Å². The molecule has 4 nitrogen and oxygen atoms in total. The van der Waals surface area contributed by atoms with Crippen LogP contribution in [0.4, 0.5) is 0 Å². The summed E-state index contributed by atoms with van der Waals surface area (Å²) in [5.74, 6) is 0. The molecule has 0 atom stereocenters. The number of carbonyl (C=O) groups excluding carboxylic acids is 1. The van der Waals surface area contributed by atoms with Crippen molar-refractivity contribution in [2.75, 3.05) is 0 Å². The molecule has 3 aromatic rings. The van der Waals surface area contributed by atoms with Gasteiger partial charge in [-0.05, 0) is 29.7 Å². The molecule has 0 amide bonds. The summed E-state index contributed by atoms with van der Waals surface area (Å²) in [4.78, 5) is 10.4. The lowest BCUT2D eigenvalue weighted by molar-refractivity contribution is -0.107. The summed E-state index contributed by atoms with van der Waals surface area (Å²) in [5, 5.41) is 8.32. The third-order valence-corrected chi connectivity index (χ3v) is 3.37. The third kappa shape index (κ3) is 2.59.